The van der Waals surface area contributed by atoms with Gasteiger partial charge in [0.2, 0.25) is 5.91 Å². The van der Waals surface area contributed by atoms with E-state index < -0.39 is 0 Å². The van der Waals surface area contributed by atoms with Crippen LogP contribution in [0.1, 0.15) is 36.6 Å². The molecule has 3 aromatic rings. The standard InChI is InChI=1S/C23H25FN4O2/c24-20-6-2-1-5-18(20)15-22(30)28-12-4-3-7-21(28)23-19(16-27(26-23)13-14-29)17-8-10-25-11-9-17/h1-2,5-6,8-11,16,21,29H,3-4,7,12-15H2/t21-/m0/s1. The minimum atomic E-state index is -0.357. The largest absolute Gasteiger partial charge is 0.394 e. The van der Waals surface area contributed by atoms with Gasteiger partial charge in [0.15, 0.2) is 0 Å². The number of aliphatic hydroxyl groups excluding tert-OH is 1. The van der Waals surface area contributed by atoms with Gasteiger partial charge < -0.3 is 10.0 Å². The average molecular weight is 408 g/mol. The van der Waals surface area contributed by atoms with Gasteiger partial charge in [0.1, 0.15) is 5.82 Å². The van der Waals surface area contributed by atoms with E-state index in [4.69, 9.17) is 5.10 Å². The summed E-state index contributed by atoms with van der Waals surface area (Å²) in [5, 5.41) is 14.1. The monoisotopic (exact) mass is 408 g/mol. The molecule has 1 aromatic carbocycles. The molecule has 6 nitrogen and oxygen atoms in total. The van der Waals surface area contributed by atoms with Crippen LogP contribution in [-0.4, -0.2) is 43.8 Å². The van der Waals surface area contributed by atoms with Gasteiger partial charge in [-0.3, -0.25) is 14.5 Å². The lowest BCUT2D eigenvalue weighted by Gasteiger charge is -2.35. The normalized spacial score (nSPS) is 16.6. The van der Waals surface area contributed by atoms with E-state index >= 15 is 0 Å². The number of hydrogen-bond acceptors (Lipinski definition) is 4. The van der Waals surface area contributed by atoms with Crippen LogP contribution in [0.5, 0.6) is 0 Å². The number of pyridine rings is 1. The summed E-state index contributed by atoms with van der Waals surface area (Å²) in [5.74, 6) is -0.453. The molecule has 0 aliphatic carbocycles. The Hall–Kier alpha value is -3.06. The van der Waals surface area contributed by atoms with Crippen LogP contribution >= 0.6 is 0 Å². The van der Waals surface area contributed by atoms with Gasteiger partial charge in [-0.1, -0.05) is 18.2 Å². The van der Waals surface area contributed by atoms with Crippen LogP contribution < -0.4 is 0 Å². The molecule has 0 unspecified atom stereocenters. The van der Waals surface area contributed by atoms with Crippen LogP contribution in [0.15, 0.2) is 55.0 Å². The molecule has 1 aliphatic heterocycles. The number of carbonyl (C=O) groups excluding carboxylic acids is 1. The van der Waals surface area contributed by atoms with Gasteiger partial charge in [-0.05, 0) is 48.6 Å². The van der Waals surface area contributed by atoms with Crippen LogP contribution in [0.4, 0.5) is 4.39 Å². The van der Waals surface area contributed by atoms with Crippen molar-refractivity contribution in [1.82, 2.24) is 19.7 Å². The number of halogens is 1. The topological polar surface area (TPSA) is 71.2 Å². The van der Waals surface area contributed by atoms with Crippen molar-refractivity contribution in [3.63, 3.8) is 0 Å². The second-order valence-electron chi connectivity index (χ2n) is 7.52. The third-order valence-corrected chi connectivity index (χ3v) is 5.55. The lowest BCUT2D eigenvalue weighted by Crippen LogP contribution is -2.40. The van der Waals surface area contributed by atoms with Crippen molar-refractivity contribution in [1.29, 1.82) is 0 Å². The van der Waals surface area contributed by atoms with Crippen LogP contribution in [0.25, 0.3) is 11.1 Å². The molecular weight excluding hydrogens is 383 g/mol. The molecule has 30 heavy (non-hydrogen) atoms. The van der Waals surface area contributed by atoms with Crippen LogP contribution in [0, 0.1) is 5.82 Å². The number of amides is 1. The summed E-state index contributed by atoms with van der Waals surface area (Å²) in [7, 11) is 0. The zero-order chi connectivity index (χ0) is 20.9. The summed E-state index contributed by atoms with van der Waals surface area (Å²) >= 11 is 0. The van der Waals surface area contributed by atoms with Crippen LogP contribution in [0.2, 0.25) is 0 Å². The van der Waals surface area contributed by atoms with E-state index in [1.165, 1.54) is 6.07 Å². The number of likely N-dealkylation sites (tertiary alicyclic amines) is 1. The summed E-state index contributed by atoms with van der Waals surface area (Å²) in [6.45, 7) is 0.992. The maximum Gasteiger partial charge on any atom is 0.227 e. The van der Waals surface area contributed by atoms with Crippen molar-refractivity contribution >= 4 is 5.91 Å². The highest BCUT2D eigenvalue weighted by atomic mass is 19.1. The first-order chi connectivity index (χ1) is 14.7. The molecule has 0 bridgehead atoms. The van der Waals surface area contributed by atoms with Crippen molar-refractivity contribution in [3.8, 4) is 11.1 Å². The number of rotatable bonds is 6. The Labute approximate surface area is 175 Å². The van der Waals surface area contributed by atoms with E-state index in [2.05, 4.69) is 4.98 Å². The highest BCUT2D eigenvalue weighted by Crippen LogP contribution is 2.36. The number of piperidine rings is 1. The second-order valence-corrected chi connectivity index (χ2v) is 7.52. The number of aromatic nitrogens is 3. The number of carbonyl (C=O) groups is 1. The number of benzene rings is 1. The van der Waals surface area contributed by atoms with E-state index in [1.807, 2.05) is 23.2 Å². The van der Waals surface area contributed by atoms with Crippen LogP contribution in [-0.2, 0) is 17.8 Å². The Bertz CT molecular complexity index is 1010. The molecule has 7 heteroatoms. The molecule has 1 amide bonds. The Kier molecular flexibility index (Phi) is 6.18. The summed E-state index contributed by atoms with van der Waals surface area (Å²) in [4.78, 5) is 19.1. The molecular formula is C23H25FN4O2. The molecule has 1 fully saturated rings. The lowest BCUT2D eigenvalue weighted by molar-refractivity contribution is -0.134. The van der Waals surface area contributed by atoms with E-state index in [1.54, 1.807) is 35.3 Å². The van der Waals surface area contributed by atoms with Gasteiger partial charge in [-0.25, -0.2) is 4.39 Å². The van der Waals surface area contributed by atoms with E-state index in [9.17, 15) is 14.3 Å². The van der Waals surface area contributed by atoms with Gasteiger partial charge in [0.05, 0.1) is 31.3 Å². The molecule has 2 aromatic heterocycles. The summed E-state index contributed by atoms with van der Waals surface area (Å²) in [5.41, 5.74) is 3.13. The Morgan fingerprint density at radius 1 is 1.17 bits per heavy atom. The molecule has 0 saturated carbocycles. The lowest BCUT2D eigenvalue weighted by atomic mass is 9.94. The minimum Gasteiger partial charge on any atom is -0.394 e. The zero-order valence-corrected chi connectivity index (χ0v) is 16.7. The summed E-state index contributed by atoms with van der Waals surface area (Å²) in [6, 6.07) is 10.1. The number of nitrogens with zero attached hydrogens (tertiary/aromatic N) is 4. The first-order valence-electron chi connectivity index (χ1n) is 10.3. The molecule has 1 N–H and O–H groups in total. The fourth-order valence-corrected chi connectivity index (χ4v) is 4.07. The SMILES string of the molecule is O=C(Cc1ccccc1F)N1CCCC[C@H]1c1nn(CCO)cc1-c1ccncc1. The molecule has 3 heterocycles. The van der Waals surface area contributed by atoms with Crippen molar-refractivity contribution in [2.45, 2.75) is 38.3 Å². The molecule has 0 radical (unpaired) electrons. The van der Waals surface area contributed by atoms with Crippen LogP contribution in [0.3, 0.4) is 0 Å². The molecule has 1 saturated heterocycles. The zero-order valence-electron chi connectivity index (χ0n) is 16.7. The van der Waals surface area contributed by atoms with Crippen molar-refractivity contribution in [3.05, 3.63) is 72.1 Å². The smallest absolute Gasteiger partial charge is 0.227 e. The Morgan fingerprint density at radius 3 is 2.73 bits per heavy atom. The Morgan fingerprint density at radius 2 is 1.97 bits per heavy atom. The first kappa shape index (κ1) is 20.2. The third-order valence-electron chi connectivity index (χ3n) is 5.55. The van der Waals surface area contributed by atoms with Gasteiger partial charge in [0, 0.05) is 30.7 Å². The van der Waals surface area contributed by atoms with Crippen molar-refractivity contribution in [2.24, 2.45) is 0 Å². The molecule has 156 valence electrons. The predicted octanol–water partition coefficient (Wildman–Crippen LogP) is 3.37. The predicted molar refractivity (Wildman–Crippen MR) is 111 cm³/mol. The molecule has 0 spiro atoms. The molecule has 1 atom stereocenters. The van der Waals surface area contributed by atoms with Crippen molar-refractivity contribution in [2.75, 3.05) is 13.2 Å². The maximum absolute atomic E-state index is 14.1. The average Bonchev–Trinajstić information content (AvgIpc) is 3.20. The van der Waals surface area contributed by atoms with E-state index in [0.29, 0.717) is 18.7 Å². The number of aliphatic hydroxyl groups is 1. The van der Waals surface area contributed by atoms with Crippen molar-refractivity contribution < 1.29 is 14.3 Å². The van der Waals surface area contributed by atoms with Gasteiger partial charge in [-0.2, -0.15) is 5.10 Å². The first-order valence-corrected chi connectivity index (χ1v) is 10.3. The maximum atomic E-state index is 14.1. The van der Waals surface area contributed by atoms with Gasteiger partial charge in [-0.15, -0.1) is 0 Å². The highest BCUT2D eigenvalue weighted by Gasteiger charge is 2.32. The quantitative estimate of drug-likeness (QED) is 0.679. The van der Waals surface area contributed by atoms with E-state index in [0.717, 1.165) is 36.1 Å². The van der Waals surface area contributed by atoms with E-state index in [-0.39, 0.29) is 30.8 Å². The fourth-order valence-electron chi connectivity index (χ4n) is 4.07. The molecule has 1 aliphatic rings. The summed E-state index contributed by atoms with van der Waals surface area (Å²) in [6.07, 6.45) is 8.12. The minimum absolute atomic E-state index is 0.0164. The van der Waals surface area contributed by atoms with Gasteiger partial charge >= 0.3 is 0 Å². The van der Waals surface area contributed by atoms with Gasteiger partial charge in [0.25, 0.3) is 0 Å². The summed E-state index contributed by atoms with van der Waals surface area (Å²) < 4.78 is 15.8. The fraction of sp³-hybridized carbons (Fsp3) is 0.348. The second kappa shape index (κ2) is 9.17. The third kappa shape index (κ3) is 4.26. The highest BCUT2D eigenvalue weighted by molar-refractivity contribution is 5.80. The number of hydrogen-bond donors (Lipinski definition) is 1. The molecule has 4 rings (SSSR count). The Balaban J connectivity index is 1.67.